The SMILES string of the molecule is CCC(C)OC(=O)Oc1cc(C[C@H](N)C(=O)OC(C)C(C)OC(C)=O)ccc1OC(=O)O[C@@H](C)CC. The van der Waals surface area contributed by atoms with Gasteiger partial charge in [0.05, 0.1) is 0 Å². The molecule has 11 heteroatoms. The molecule has 0 radical (unpaired) electrons. The normalized spacial score (nSPS) is 14.9. The van der Waals surface area contributed by atoms with Crippen LogP contribution in [0.25, 0.3) is 0 Å². The highest BCUT2D eigenvalue weighted by Gasteiger charge is 2.25. The molecule has 0 bridgehead atoms. The first-order valence-electron chi connectivity index (χ1n) is 11.9. The fourth-order valence-electron chi connectivity index (χ4n) is 2.63. The molecule has 11 nitrogen and oxygen atoms in total. The van der Waals surface area contributed by atoms with Crippen molar-refractivity contribution in [1.82, 2.24) is 0 Å². The van der Waals surface area contributed by atoms with Gasteiger partial charge in [0.1, 0.15) is 30.5 Å². The number of carbonyl (C=O) groups excluding carboxylic acids is 4. The molecule has 202 valence electrons. The number of benzene rings is 1. The van der Waals surface area contributed by atoms with Crippen LogP contribution >= 0.6 is 0 Å². The Bertz CT molecular complexity index is 903. The lowest BCUT2D eigenvalue weighted by molar-refractivity contribution is -0.164. The topological polar surface area (TPSA) is 150 Å². The van der Waals surface area contributed by atoms with Crippen LogP contribution in [-0.4, -0.2) is 54.7 Å². The lowest BCUT2D eigenvalue weighted by atomic mass is 10.1. The van der Waals surface area contributed by atoms with Gasteiger partial charge in [-0.25, -0.2) is 9.59 Å². The average Bonchev–Trinajstić information content (AvgIpc) is 2.79. The zero-order chi connectivity index (χ0) is 27.4. The summed E-state index contributed by atoms with van der Waals surface area (Å²) in [6.45, 7) is 11.5. The smallest absolute Gasteiger partial charge is 0.459 e. The Morgan fingerprint density at radius 1 is 0.778 bits per heavy atom. The molecule has 0 saturated carbocycles. The van der Waals surface area contributed by atoms with E-state index in [4.69, 9.17) is 34.2 Å². The molecule has 0 aliphatic heterocycles. The van der Waals surface area contributed by atoms with Gasteiger partial charge < -0.3 is 34.2 Å². The first-order chi connectivity index (χ1) is 16.9. The molecule has 36 heavy (non-hydrogen) atoms. The number of carbonyl (C=O) groups is 4. The van der Waals surface area contributed by atoms with E-state index in [9.17, 15) is 19.2 Å². The summed E-state index contributed by atoms with van der Waals surface area (Å²) in [7, 11) is 0. The molecular weight excluding hydrogens is 474 g/mol. The molecule has 0 amide bonds. The third kappa shape index (κ3) is 10.9. The molecule has 0 heterocycles. The highest BCUT2D eigenvalue weighted by molar-refractivity contribution is 5.76. The van der Waals surface area contributed by atoms with Gasteiger partial charge in [0.15, 0.2) is 11.5 Å². The first-order valence-corrected chi connectivity index (χ1v) is 11.9. The fraction of sp³-hybridized carbons (Fsp3) is 0.600. The molecule has 0 fully saturated rings. The molecule has 0 aliphatic carbocycles. The molecular formula is C25H37NO10. The van der Waals surface area contributed by atoms with Gasteiger partial charge in [0.25, 0.3) is 0 Å². The summed E-state index contributed by atoms with van der Waals surface area (Å²) in [4.78, 5) is 47.8. The minimum atomic E-state index is -1.07. The molecule has 3 unspecified atom stereocenters. The predicted octanol–water partition coefficient (Wildman–Crippen LogP) is 4.07. The van der Waals surface area contributed by atoms with Gasteiger partial charge in [0, 0.05) is 6.92 Å². The Balaban J connectivity index is 3.00. The van der Waals surface area contributed by atoms with Crippen molar-refractivity contribution in [3.05, 3.63) is 23.8 Å². The number of hydrogen-bond donors (Lipinski definition) is 1. The largest absolute Gasteiger partial charge is 0.514 e. The van der Waals surface area contributed by atoms with E-state index in [-0.39, 0.29) is 30.1 Å². The van der Waals surface area contributed by atoms with Crippen LogP contribution < -0.4 is 15.2 Å². The quantitative estimate of drug-likeness (QED) is 0.246. The second kappa shape index (κ2) is 14.9. The maximum Gasteiger partial charge on any atom is 0.514 e. The van der Waals surface area contributed by atoms with Crippen LogP contribution in [0, 0.1) is 0 Å². The van der Waals surface area contributed by atoms with Crippen LogP contribution in [0.2, 0.25) is 0 Å². The molecule has 0 aromatic heterocycles. The summed E-state index contributed by atoms with van der Waals surface area (Å²) in [5, 5.41) is 0. The van der Waals surface area contributed by atoms with Crippen molar-refractivity contribution < 1.29 is 47.6 Å². The van der Waals surface area contributed by atoms with Gasteiger partial charge in [-0.2, -0.15) is 0 Å². The number of esters is 2. The zero-order valence-electron chi connectivity index (χ0n) is 21.9. The summed E-state index contributed by atoms with van der Waals surface area (Å²) in [5.74, 6) is -1.39. The van der Waals surface area contributed by atoms with Gasteiger partial charge in [-0.1, -0.05) is 19.9 Å². The lowest BCUT2D eigenvalue weighted by Crippen LogP contribution is -2.39. The minimum Gasteiger partial charge on any atom is -0.459 e. The highest BCUT2D eigenvalue weighted by Crippen LogP contribution is 2.30. The summed E-state index contributed by atoms with van der Waals surface area (Å²) < 4.78 is 31.0. The zero-order valence-corrected chi connectivity index (χ0v) is 21.9. The van der Waals surface area contributed by atoms with Crippen LogP contribution in [0.4, 0.5) is 9.59 Å². The van der Waals surface area contributed by atoms with Gasteiger partial charge in [0.2, 0.25) is 0 Å². The van der Waals surface area contributed by atoms with E-state index in [2.05, 4.69) is 0 Å². The van der Waals surface area contributed by atoms with E-state index < -0.39 is 42.5 Å². The molecule has 5 atom stereocenters. The Morgan fingerprint density at radius 2 is 1.28 bits per heavy atom. The van der Waals surface area contributed by atoms with Gasteiger partial charge in [-0.05, 0) is 64.7 Å². The van der Waals surface area contributed by atoms with Gasteiger partial charge >= 0.3 is 24.2 Å². The van der Waals surface area contributed by atoms with Crippen molar-refractivity contribution in [2.45, 2.75) is 98.2 Å². The first kappa shape index (κ1) is 30.7. The monoisotopic (exact) mass is 511 g/mol. The van der Waals surface area contributed by atoms with E-state index in [1.54, 1.807) is 33.8 Å². The fourth-order valence-corrected chi connectivity index (χ4v) is 2.63. The predicted molar refractivity (Wildman–Crippen MR) is 129 cm³/mol. The van der Waals surface area contributed by atoms with Crippen molar-refractivity contribution in [2.75, 3.05) is 0 Å². The van der Waals surface area contributed by atoms with Crippen molar-refractivity contribution in [1.29, 1.82) is 0 Å². The van der Waals surface area contributed by atoms with Crippen LogP contribution in [0.15, 0.2) is 18.2 Å². The second-order valence-electron chi connectivity index (χ2n) is 8.43. The van der Waals surface area contributed by atoms with Gasteiger partial charge in [-0.15, -0.1) is 0 Å². The Hall–Kier alpha value is -3.34. The summed E-state index contributed by atoms with van der Waals surface area (Å²) in [6, 6.07) is 3.28. The van der Waals surface area contributed by atoms with Gasteiger partial charge in [-0.3, -0.25) is 9.59 Å². The van der Waals surface area contributed by atoms with Crippen LogP contribution in [0.3, 0.4) is 0 Å². The Kier molecular flexibility index (Phi) is 12.7. The maximum atomic E-state index is 12.4. The van der Waals surface area contributed by atoms with E-state index >= 15 is 0 Å². The van der Waals surface area contributed by atoms with E-state index in [0.717, 1.165) is 0 Å². The maximum absolute atomic E-state index is 12.4. The van der Waals surface area contributed by atoms with Crippen molar-refractivity contribution in [3.63, 3.8) is 0 Å². The van der Waals surface area contributed by atoms with Crippen LogP contribution in [-0.2, 0) is 35.0 Å². The highest BCUT2D eigenvalue weighted by atomic mass is 16.7. The third-order valence-corrected chi connectivity index (χ3v) is 5.21. The lowest BCUT2D eigenvalue weighted by Gasteiger charge is -2.22. The van der Waals surface area contributed by atoms with Crippen LogP contribution in [0.1, 0.15) is 66.9 Å². The summed E-state index contributed by atoms with van der Waals surface area (Å²) in [5.41, 5.74) is 6.50. The summed E-state index contributed by atoms with van der Waals surface area (Å²) >= 11 is 0. The third-order valence-electron chi connectivity index (χ3n) is 5.21. The number of ether oxygens (including phenoxy) is 6. The Labute approximate surface area is 211 Å². The molecule has 0 saturated heterocycles. The van der Waals surface area contributed by atoms with E-state index in [1.807, 2.05) is 13.8 Å². The molecule has 2 N–H and O–H groups in total. The average molecular weight is 512 g/mol. The standard InChI is InChI=1S/C25H37NO10/c1-8-14(3)31-24(29)35-21-11-10-19(13-22(21)36-25(30)32-15(4)9-2)12-20(26)23(28)34-17(6)16(5)33-18(7)27/h10-11,13-17,20H,8-9,12,26H2,1-7H3/t14-,15?,16?,17?,20-/m0/s1. The summed E-state index contributed by atoms with van der Waals surface area (Å²) in [6.07, 6.45) is -2.90. The van der Waals surface area contributed by atoms with Crippen molar-refractivity contribution in [2.24, 2.45) is 5.73 Å². The number of hydrogen-bond acceptors (Lipinski definition) is 11. The minimum absolute atomic E-state index is 0.0157. The van der Waals surface area contributed by atoms with Crippen LogP contribution in [0.5, 0.6) is 11.5 Å². The van der Waals surface area contributed by atoms with E-state index in [1.165, 1.54) is 19.1 Å². The second-order valence-corrected chi connectivity index (χ2v) is 8.43. The van der Waals surface area contributed by atoms with E-state index in [0.29, 0.717) is 18.4 Å². The molecule has 0 spiro atoms. The number of nitrogens with two attached hydrogens (primary N) is 1. The molecule has 1 aromatic carbocycles. The van der Waals surface area contributed by atoms with Crippen molar-refractivity contribution in [3.8, 4) is 11.5 Å². The Morgan fingerprint density at radius 3 is 1.78 bits per heavy atom. The molecule has 1 aromatic rings. The number of rotatable bonds is 12. The molecule has 0 aliphatic rings. The molecule has 1 rings (SSSR count). The van der Waals surface area contributed by atoms with Crippen molar-refractivity contribution >= 4 is 24.2 Å².